The van der Waals surface area contributed by atoms with Crippen molar-refractivity contribution in [3.8, 4) is 0 Å². The SMILES string of the molecule is Cc1ccc2oc(CCCC(=O)O)cc(=O)c2c1. The van der Waals surface area contributed by atoms with Crippen LogP contribution in [0.25, 0.3) is 11.0 Å². The molecule has 0 fully saturated rings. The number of hydrogen-bond acceptors (Lipinski definition) is 3. The van der Waals surface area contributed by atoms with Gasteiger partial charge in [-0.3, -0.25) is 9.59 Å². The Morgan fingerprint density at radius 3 is 2.83 bits per heavy atom. The van der Waals surface area contributed by atoms with Crippen LogP contribution in [0.3, 0.4) is 0 Å². The molecule has 0 unspecified atom stereocenters. The van der Waals surface area contributed by atoms with Crippen molar-refractivity contribution < 1.29 is 14.3 Å². The molecule has 0 atom stereocenters. The van der Waals surface area contributed by atoms with Crippen molar-refractivity contribution in [2.24, 2.45) is 0 Å². The van der Waals surface area contributed by atoms with Crippen LogP contribution in [-0.4, -0.2) is 11.1 Å². The molecule has 1 aromatic carbocycles. The van der Waals surface area contributed by atoms with E-state index in [4.69, 9.17) is 9.52 Å². The first-order valence-electron chi connectivity index (χ1n) is 5.81. The van der Waals surface area contributed by atoms with Crippen molar-refractivity contribution in [1.82, 2.24) is 0 Å². The topological polar surface area (TPSA) is 67.5 Å². The fourth-order valence-electron chi connectivity index (χ4n) is 1.86. The van der Waals surface area contributed by atoms with E-state index < -0.39 is 5.97 Å². The van der Waals surface area contributed by atoms with E-state index in [0.29, 0.717) is 29.6 Å². The lowest BCUT2D eigenvalue weighted by Crippen LogP contribution is -2.03. The summed E-state index contributed by atoms with van der Waals surface area (Å²) in [7, 11) is 0. The smallest absolute Gasteiger partial charge is 0.303 e. The van der Waals surface area contributed by atoms with Crippen molar-refractivity contribution >= 4 is 16.9 Å². The molecular formula is C14H14O4. The highest BCUT2D eigenvalue weighted by molar-refractivity contribution is 5.77. The molecule has 4 nitrogen and oxygen atoms in total. The lowest BCUT2D eigenvalue weighted by atomic mass is 10.1. The van der Waals surface area contributed by atoms with Crippen molar-refractivity contribution in [2.45, 2.75) is 26.2 Å². The molecule has 0 spiro atoms. The van der Waals surface area contributed by atoms with E-state index in [1.165, 1.54) is 6.07 Å². The van der Waals surface area contributed by atoms with Gasteiger partial charge in [-0.15, -0.1) is 0 Å². The van der Waals surface area contributed by atoms with Crippen LogP contribution in [0.4, 0.5) is 0 Å². The Balaban J connectivity index is 2.29. The summed E-state index contributed by atoms with van der Waals surface area (Å²) in [5, 5.41) is 9.12. The zero-order chi connectivity index (χ0) is 13.1. The molecule has 0 bridgehead atoms. The van der Waals surface area contributed by atoms with Crippen LogP contribution in [0.5, 0.6) is 0 Å². The molecular weight excluding hydrogens is 232 g/mol. The van der Waals surface area contributed by atoms with E-state index in [1.807, 2.05) is 13.0 Å². The summed E-state index contributed by atoms with van der Waals surface area (Å²) in [5.41, 5.74) is 1.48. The van der Waals surface area contributed by atoms with Gasteiger partial charge in [-0.1, -0.05) is 11.6 Å². The van der Waals surface area contributed by atoms with Crippen LogP contribution in [0, 0.1) is 6.92 Å². The van der Waals surface area contributed by atoms with Crippen molar-refractivity contribution in [3.05, 3.63) is 45.8 Å². The van der Waals surface area contributed by atoms with Gasteiger partial charge in [0, 0.05) is 18.9 Å². The minimum atomic E-state index is -0.839. The third kappa shape index (κ3) is 2.77. The molecule has 0 aliphatic carbocycles. The fourth-order valence-corrected chi connectivity index (χ4v) is 1.86. The molecule has 0 aliphatic heterocycles. The van der Waals surface area contributed by atoms with Gasteiger partial charge < -0.3 is 9.52 Å². The number of aliphatic carboxylic acids is 1. The molecule has 18 heavy (non-hydrogen) atoms. The van der Waals surface area contributed by atoms with Gasteiger partial charge in [0.1, 0.15) is 11.3 Å². The summed E-state index contributed by atoms with van der Waals surface area (Å²) in [5.74, 6) is -0.300. The molecule has 2 rings (SSSR count). The monoisotopic (exact) mass is 246 g/mol. The highest BCUT2D eigenvalue weighted by Gasteiger charge is 2.06. The summed E-state index contributed by atoms with van der Waals surface area (Å²) in [6, 6.07) is 6.89. The number of rotatable bonds is 4. The molecule has 4 heteroatoms. The minimum absolute atomic E-state index is 0.0784. The minimum Gasteiger partial charge on any atom is -0.481 e. The predicted octanol–water partition coefficient (Wildman–Crippen LogP) is 2.51. The lowest BCUT2D eigenvalue weighted by molar-refractivity contribution is -0.137. The Kier molecular flexibility index (Phi) is 3.46. The van der Waals surface area contributed by atoms with Crippen molar-refractivity contribution in [3.63, 3.8) is 0 Å². The van der Waals surface area contributed by atoms with E-state index in [1.54, 1.807) is 12.1 Å². The van der Waals surface area contributed by atoms with E-state index in [2.05, 4.69) is 0 Å². The van der Waals surface area contributed by atoms with E-state index in [9.17, 15) is 9.59 Å². The van der Waals surface area contributed by atoms with E-state index in [-0.39, 0.29) is 11.8 Å². The van der Waals surface area contributed by atoms with Gasteiger partial charge in [-0.25, -0.2) is 0 Å². The Labute approximate surface area is 104 Å². The number of benzene rings is 1. The lowest BCUT2D eigenvalue weighted by Gasteiger charge is -2.02. The standard InChI is InChI=1S/C14H14O4/c1-9-5-6-13-11(7-9)12(15)8-10(18-13)3-2-4-14(16)17/h5-8H,2-4H2,1H3,(H,16,17). The highest BCUT2D eigenvalue weighted by atomic mass is 16.4. The van der Waals surface area contributed by atoms with E-state index >= 15 is 0 Å². The maximum Gasteiger partial charge on any atom is 0.303 e. The maximum absolute atomic E-state index is 11.9. The highest BCUT2D eigenvalue weighted by Crippen LogP contribution is 2.15. The second-order valence-electron chi connectivity index (χ2n) is 4.32. The molecule has 0 saturated carbocycles. The van der Waals surface area contributed by atoms with Crippen LogP contribution in [-0.2, 0) is 11.2 Å². The van der Waals surface area contributed by atoms with Crippen LogP contribution in [0.2, 0.25) is 0 Å². The third-order valence-electron chi connectivity index (χ3n) is 2.75. The van der Waals surface area contributed by atoms with Crippen LogP contribution in [0.15, 0.2) is 33.5 Å². The van der Waals surface area contributed by atoms with Crippen molar-refractivity contribution in [1.29, 1.82) is 0 Å². The quantitative estimate of drug-likeness (QED) is 0.900. The molecule has 0 radical (unpaired) electrons. The average Bonchev–Trinajstić information content (AvgIpc) is 2.30. The maximum atomic E-state index is 11.9. The van der Waals surface area contributed by atoms with Gasteiger partial charge in [-0.05, 0) is 25.5 Å². The number of fused-ring (bicyclic) bond motifs is 1. The van der Waals surface area contributed by atoms with Crippen molar-refractivity contribution in [2.75, 3.05) is 0 Å². The zero-order valence-corrected chi connectivity index (χ0v) is 10.1. The molecule has 1 N–H and O–H groups in total. The third-order valence-corrected chi connectivity index (χ3v) is 2.75. The first kappa shape index (κ1) is 12.4. The predicted molar refractivity (Wildman–Crippen MR) is 67.8 cm³/mol. The van der Waals surface area contributed by atoms with Crippen LogP contribution >= 0.6 is 0 Å². The zero-order valence-electron chi connectivity index (χ0n) is 10.1. The second-order valence-corrected chi connectivity index (χ2v) is 4.32. The summed E-state index contributed by atoms with van der Waals surface area (Å²) in [6.45, 7) is 1.92. The summed E-state index contributed by atoms with van der Waals surface area (Å²) in [6.07, 6.45) is 1.01. The van der Waals surface area contributed by atoms with Crippen LogP contribution in [0.1, 0.15) is 24.2 Å². The summed E-state index contributed by atoms with van der Waals surface area (Å²) in [4.78, 5) is 22.3. The van der Waals surface area contributed by atoms with Crippen LogP contribution < -0.4 is 5.43 Å². The van der Waals surface area contributed by atoms with Gasteiger partial charge in [0.2, 0.25) is 0 Å². The number of carboxylic acids is 1. The molecule has 0 aliphatic rings. The van der Waals surface area contributed by atoms with Gasteiger partial charge in [0.25, 0.3) is 0 Å². The average molecular weight is 246 g/mol. The second kappa shape index (κ2) is 5.04. The Bertz CT molecular complexity index is 640. The Morgan fingerprint density at radius 2 is 2.11 bits per heavy atom. The first-order chi connectivity index (χ1) is 8.56. The van der Waals surface area contributed by atoms with Gasteiger partial charge in [0.05, 0.1) is 5.39 Å². The first-order valence-corrected chi connectivity index (χ1v) is 5.81. The summed E-state index contributed by atoms with van der Waals surface area (Å²) >= 11 is 0. The number of carboxylic acid groups (broad SMARTS) is 1. The Hall–Kier alpha value is -2.10. The Morgan fingerprint density at radius 1 is 1.33 bits per heavy atom. The summed E-state index contributed by atoms with van der Waals surface area (Å²) < 4.78 is 5.59. The number of hydrogen-bond donors (Lipinski definition) is 1. The number of aryl methyl sites for hydroxylation is 2. The van der Waals surface area contributed by atoms with Gasteiger partial charge in [0.15, 0.2) is 5.43 Å². The van der Waals surface area contributed by atoms with Gasteiger partial charge >= 0.3 is 5.97 Å². The largest absolute Gasteiger partial charge is 0.481 e. The van der Waals surface area contributed by atoms with Gasteiger partial charge in [-0.2, -0.15) is 0 Å². The molecule has 0 saturated heterocycles. The molecule has 1 aromatic heterocycles. The molecule has 94 valence electrons. The number of carbonyl (C=O) groups is 1. The molecule has 2 aromatic rings. The molecule has 0 amide bonds. The van der Waals surface area contributed by atoms with E-state index in [0.717, 1.165) is 5.56 Å². The fraction of sp³-hybridized carbons (Fsp3) is 0.286. The normalized spacial score (nSPS) is 10.7. The molecule has 1 heterocycles.